The molecule has 1 unspecified atom stereocenters. The zero-order chi connectivity index (χ0) is 17.5. The van der Waals surface area contributed by atoms with Gasteiger partial charge in [0, 0.05) is 13.7 Å². The molecule has 0 aromatic heterocycles. The molecule has 0 aliphatic heterocycles. The zero-order valence-corrected chi connectivity index (χ0v) is 14.7. The Labute approximate surface area is 183 Å². The summed E-state index contributed by atoms with van der Waals surface area (Å²) in [5, 5.41) is 9.27. The van der Waals surface area contributed by atoms with E-state index in [2.05, 4.69) is 0 Å². The third-order valence-electron chi connectivity index (χ3n) is 1.79. The van der Waals surface area contributed by atoms with Crippen LogP contribution in [0.2, 0.25) is 0 Å². The molecule has 13 nitrogen and oxygen atoms in total. The van der Waals surface area contributed by atoms with Crippen molar-refractivity contribution in [1.29, 1.82) is 0 Å². The molecule has 11 N–H and O–H groups in total. The second-order valence-electron chi connectivity index (χ2n) is 3.48. The Morgan fingerprint density at radius 1 is 0.793 bits per heavy atom. The van der Waals surface area contributed by atoms with E-state index in [0.717, 1.165) is 6.42 Å². The third kappa shape index (κ3) is 100.0. The number of nitrogens with two attached hydrogens (primary N) is 1. The summed E-state index contributed by atoms with van der Waals surface area (Å²) in [5.41, 5.74) is 5.12. The van der Waals surface area contributed by atoms with E-state index in [1.165, 1.54) is 0 Å². The maximum Gasteiger partial charge on any atom is 0.182 e. The lowest BCUT2D eigenvalue weighted by atomic mass is 10.2. The molecule has 16 heteroatoms. The van der Waals surface area contributed by atoms with Crippen LogP contribution in [0.5, 0.6) is 0 Å². The van der Waals surface area contributed by atoms with E-state index in [1.54, 1.807) is 7.11 Å². The lowest BCUT2D eigenvalue weighted by molar-refractivity contribution is -0.122. The van der Waals surface area contributed by atoms with E-state index >= 15 is 0 Å². The van der Waals surface area contributed by atoms with Gasteiger partial charge in [-0.15, -0.1) is 0 Å². The topological polar surface area (TPSA) is 268 Å². The highest BCUT2D eigenvalue weighted by Crippen LogP contribution is 1.97. The van der Waals surface area contributed by atoms with Crippen molar-refractivity contribution in [3.05, 3.63) is 0 Å². The summed E-state index contributed by atoms with van der Waals surface area (Å²) in [4.78, 5) is 35.2. The number of aliphatic hydroxyl groups is 1. The predicted octanol–water partition coefficient (Wildman–Crippen LogP) is -9.16. The summed E-state index contributed by atoms with van der Waals surface area (Å²) < 4.78 is 14.9. The Kier molecular flexibility index (Phi) is 155. The zero-order valence-electron chi connectivity index (χ0n) is 14.7. The average molecular weight is 492 g/mol. The van der Waals surface area contributed by atoms with Gasteiger partial charge in [0.15, 0.2) is 25.1 Å². The van der Waals surface area contributed by atoms with Gasteiger partial charge in [-0.1, -0.05) is 0 Å². The van der Waals surface area contributed by atoms with E-state index in [4.69, 9.17) is 39.1 Å². The van der Waals surface area contributed by atoms with Crippen molar-refractivity contribution in [3.63, 3.8) is 0 Å². The maximum atomic E-state index is 9.27. The summed E-state index contributed by atoms with van der Waals surface area (Å²) in [6.45, 7) is 2.33. The van der Waals surface area contributed by atoms with Gasteiger partial charge in [-0.05, 0) is 45.7 Å². The van der Waals surface area contributed by atoms with Gasteiger partial charge in [0.05, 0.1) is 32.7 Å². The summed E-state index contributed by atoms with van der Waals surface area (Å²) >= 11 is 0. The smallest absolute Gasteiger partial charge is 0.182 e. The normalized spacial score (nSPS) is 7.69. The summed E-state index contributed by atoms with van der Waals surface area (Å²) in [7, 11) is 1.57. The Hall–Kier alpha value is -1.03. The number of hydrogen-bond acceptors (Lipinski definition) is 9. The molecule has 186 valence electrons. The van der Waals surface area contributed by atoms with Crippen molar-refractivity contribution in [3.8, 4) is 0 Å². The van der Waals surface area contributed by atoms with E-state index < -0.39 is 0 Å². The SMILES string of the molecule is COCC(O)CCCOCCOCN.O.O.O.O.O=CC=O.O=CC=O.[SiH4].[SiH4].[SiH4]. The first-order valence-electron chi connectivity index (χ1n) is 6.44. The molecule has 29 heavy (non-hydrogen) atoms. The molecule has 0 saturated heterocycles. The Morgan fingerprint density at radius 3 is 1.48 bits per heavy atom. The molecule has 0 heterocycles. The Morgan fingerprint density at radius 2 is 1.17 bits per heavy atom. The van der Waals surface area contributed by atoms with Gasteiger partial charge >= 0.3 is 0 Å². The van der Waals surface area contributed by atoms with Gasteiger partial charge in [-0.2, -0.15) is 0 Å². The van der Waals surface area contributed by atoms with Crippen LogP contribution in [-0.4, -0.2) is 131 Å². The molecule has 0 aromatic rings. The minimum atomic E-state index is -0.385. The molecule has 0 rings (SSSR count). The molecule has 0 radical (unpaired) electrons. The van der Waals surface area contributed by atoms with Gasteiger partial charge < -0.3 is 47.0 Å². The largest absolute Gasteiger partial charge is 0.412 e. The average Bonchev–Trinajstić information content (AvgIpc) is 2.54. The summed E-state index contributed by atoms with van der Waals surface area (Å²) in [6.07, 6.45) is 1.92. The standard InChI is InChI=1S/C9H21NO4.2C2H2O2.4H2O.3H4Si/c1-12-7-9(11)3-2-4-13-5-6-14-8-10;2*3-1-2-4;;;;;;;/h9,11H,2-8,10H2,1H3;2*1-2H;4*1H2;3*1H4. The third-order valence-corrected chi connectivity index (χ3v) is 1.79. The van der Waals surface area contributed by atoms with Crippen LogP contribution < -0.4 is 5.73 Å². The maximum absolute atomic E-state index is 9.27. The predicted molar refractivity (Wildman–Crippen MR) is 126 cm³/mol. The second-order valence-corrected chi connectivity index (χ2v) is 3.48. The Bertz CT molecular complexity index is 245. The number of carbonyl (C=O) groups is 4. The number of aldehydes is 4. The van der Waals surface area contributed by atoms with Crippen LogP contribution in [0.25, 0.3) is 0 Å². The number of methoxy groups -OCH3 is 1. The lowest BCUT2D eigenvalue weighted by Gasteiger charge is -2.09. The van der Waals surface area contributed by atoms with Gasteiger partial charge in [0.25, 0.3) is 0 Å². The molecule has 0 aliphatic rings. The van der Waals surface area contributed by atoms with E-state index in [1.807, 2.05) is 0 Å². The van der Waals surface area contributed by atoms with Gasteiger partial charge in [0.2, 0.25) is 0 Å². The molecule has 0 aliphatic carbocycles. The highest BCUT2D eigenvalue weighted by atomic mass is 28.1. The number of ether oxygens (including phenoxy) is 3. The highest BCUT2D eigenvalue weighted by molar-refractivity contribution is 6.09. The van der Waals surface area contributed by atoms with Crippen molar-refractivity contribution in [2.75, 3.05) is 40.3 Å². The number of rotatable bonds is 12. The molecule has 0 saturated carbocycles. The van der Waals surface area contributed by atoms with Crippen LogP contribution in [0.4, 0.5) is 0 Å². The van der Waals surface area contributed by atoms with Crippen molar-refractivity contribution in [1.82, 2.24) is 0 Å². The van der Waals surface area contributed by atoms with Crippen molar-refractivity contribution < 1.29 is 60.4 Å². The fraction of sp³-hybridized carbons (Fsp3) is 0.692. The van der Waals surface area contributed by atoms with E-state index in [-0.39, 0.29) is 92.8 Å². The van der Waals surface area contributed by atoms with Gasteiger partial charge in [-0.3, -0.25) is 19.2 Å². The summed E-state index contributed by atoms with van der Waals surface area (Å²) in [6, 6.07) is 0. The molecular formula is C13H45NO12Si3. The van der Waals surface area contributed by atoms with Crippen LogP contribution in [-0.2, 0) is 33.4 Å². The van der Waals surface area contributed by atoms with Crippen molar-refractivity contribution in [2.45, 2.75) is 18.9 Å². The fourth-order valence-electron chi connectivity index (χ4n) is 1.000. The monoisotopic (exact) mass is 491 g/mol. The quantitative estimate of drug-likeness (QED) is 0.0860. The van der Waals surface area contributed by atoms with E-state index in [0.29, 0.717) is 32.8 Å². The molecule has 0 spiro atoms. The van der Waals surface area contributed by atoms with Crippen LogP contribution in [0.15, 0.2) is 0 Å². The van der Waals surface area contributed by atoms with Crippen LogP contribution >= 0.6 is 0 Å². The lowest BCUT2D eigenvalue weighted by Crippen LogP contribution is -2.15. The highest BCUT2D eigenvalue weighted by Gasteiger charge is 2.01. The van der Waals surface area contributed by atoms with Crippen molar-refractivity contribution >= 4 is 58.0 Å². The molecule has 0 aromatic carbocycles. The number of hydrogen-bond donors (Lipinski definition) is 2. The summed E-state index contributed by atoms with van der Waals surface area (Å²) in [5.74, 6) is 0. The molecule has 0 amide bonds. The Balaban J connectivity index is -0.0000000263. The van der Waals surface area contributed by atoms with E-state index in [9.17, 15) is 5.11 Å². The van der Waals surface area contributed by atoms with Crippen molar-refractivity contribution in [2.24, 2.45) is 5.73 Å². The second kappa shape index (κ2) is 71.3. The van der Waals surface area contributed by atoms with Gasteiger partial charge in [0.1, 0.15) is 0 Å². The fourth-order valence-corrected chi connectivity index (χ4v) is 1.000. The molecule has 0 bridgehead atoms. The first-order valence-corrected chi connectivity index (χ1v) is 6.44. The molecular weight excluding hydrogens is 446 g/mol. The molecule has 0 fully saturated rings. The minimum absolute atomic E-state index is 0. The van der Waals surface area contributed by atoms with Crippen LogP contribution in [0.1, 0.15) is 12.8 Å². The van der Waals surface area contributed by atoms with Crippen LogP contribution in [0, 0.1) is 0 Å². The van der Waals surface area contributed by atoms with Gasteiger partial charge in [-0.25, -0.2) is 0 Å². The molecule has 1 atom stereocenters. The number of carbonyl (C=O) groups excluding carboxylic acids is 4. The van der Waals surface area contributed by atoms with Crippen LogP contribution in [0.3, 0.4) is 0 Å². The first-order chi connectivity index (χ1) is 10.6. The first kappa shape index (κ1) is 63.0. The number of aliphatic hydroxyl groups excluding tert-OH is 1. The minimum Gasteiger partial charge on any atom is -0.412 e.